The van der Waals surface area contributed by atoms with Crippen molar-refractivity contribution in [3.63, 3.8) is 0 Å². The number of fused-ring (bicyclic) bond motifs is 3. The Hall–Kier alpha value is -2.81. The quantitative estimate of drug-likeness (QED) is 0.651. The third-order valence-electron chi connectivity index (χ3n) is 3.61. The average Bonchev–Trinajstić information content (AvgIpc) is 3.08. The van der Waals surface area contributed by atoms with E-state index in [0.717, 1.165) is 23.9 Å². The fourth-order valence-electron chi connectivity index (χ4n) is 2.50. The van der Waals surface area contributed by atoms with E-state index >= 15 is 0 Å². The Morgan fingerprint density at radius 1 is 1.20 bits per heavy atom. The monoisotopic (exact) mass is 364 g/mol. The summed E-state index contributed by atoms with van der Waals surface area (Å²) in [4.78, 5) is 27.0. The molecule has 0 aliphatic carbocycles. The zero-order valence-electron chi connectivity index (χ0n) is 12.2. The molecule has 0 radical (unpaired) electrons. The molecule has 0 atom stereocenters. The minimum Gasteiger partial charge on any atom is -0.456 e. The van der Waals surface area contributed by atoms with Crippen LogP contribution in [0.25, 0.3) is 27.9 Å². The summed E-state index contributed by atoms with van der Waals surface area (Å²) in [6, 6.07) is 4.81. The van der Waals surface area contributed by atoms with Gasteiger partial charge in [-0.1, -0.05) is 0 Å². The van der Waals surface area contributed by atoms with E-state index in [4.69, 9.17) is 4.42 Å². The van der Waals surface area contributed by atoms with Gasteiger partial charge >= 0.3 is 6.18 Å². The molecule has 1 saturated heterocycles. The van der Waals surface area contributed by atoms with Gasteiger partial charge in [0.15, 0.2) is 0 Å². The Labute approximate surface area is 141 Å². The van der Waals surface area contributed by atoms with Gasteiger partial charge in [-0.3, -0.25) is 19.9 Å². The number of aromatic nitrogens is 1. The maximum atomic E-state index is 12.8. The van der Waals surface area contributed by atoms with Crippen molar-refractivity contribution in [2.75, 3.05) is 0 Å². The number of imide groups is 1. The third kappa shape index (κ3) is 2.76. The molecule has 1 aliphatic rings. The summed E-state index contributed by atoms with van der Waals surface area (Å²) in [5.74, 6) is -0.218. The molecule has 3 heterocycles. The molecule has 1 aliphatic heterocycles. The van der Waals surface area contributed by atoms with E-state index in [1.165, 1.54) is 18.3 Å². The first-order chi connectivity index (χ1) is 11.8. The lowest BCUT2D eigenvalue weighted by Crippen LogP contribution is -2.17. The average molecular weight is 364 g/mol. The highest BCUT2D eigenvalue weighted by Gasteiger charge is 2.31. The van der Waals surface area contributed by atoms with Crippen LogP contribution in [0.5, 0.6) is 0 Å². The molecule has 0 spiro atoms. The Kier molecular flexibility index (Phi) is 3.36. The number of halogens is 3. The number of rotatable bonds is 1. The molecule has 0 saturated carbocycles. The molecule has 1 fully saturated rings. The summed E-state index contributed by atoms with van der Waals surface area (Å²) < 4.78 is 44.1. The first-order valence-corrected chi connectivity index (χ1v) is 7.77. The Bertz CT molecular complexity index is 1090. The van der Waals surface area contributed by atoms with Crippen LogP contribution in [0.4, 0.5) is 18.0 Å². The predicted molar refractivity (Wildman–Crippen MR) is 85.6 cm³/mol. The Balaban J connectivity index is 1.83. The van der Waals surface area contributed by atoms with E-state index in [2.05, 4.69) is 10.3 Å². The number of carbonyl (C=O) groups is 2. The molecule has 4 rings (SSSR count). The van der Waals surface area contributed by atoms with E-state index < -0.39 is 22.9 Å². The van der Waals surface area contributed by atoms with Crippen LogP contribution in [0, 0.1) is 0 Å². The van der Waals surface area contributed by atoms with Gasteiger partial charge in [0.1, 0.15) is 11.3 Å². The van der Waals surface area contributed by atoms with Crippen molar-refractivity contribution in [2.45, 2.75) is 6.18 Å². The summed E-state index contributed by atoms with van der Waals surface area (Å²) in [6.07, 6.45) is -1.65. The fourth-order valence-corrected chi connectivity index (χ4v) is 3.16. The Morgan fingerprint density at radius 3 is 2.68 bits per heavy atom. The van der Waals surface area contributed by atoms with Crippen LogP contribution in [-0.4, -0.2) is 16.1 Å². The molecule has 2 amide bonds. The van der Waals surface area contributed by atoms with Gasteiger partial charge in [0.25, 0.3) is 11.1 Å². The third-order valence-corrected chi connectivity index (χ3v) is 4.42. The molecule has 0 unspecified atom stereocenters. The molecule has 2 aromatic heterocycles. The summed E-state index contributed by atoms with van der Waals surface area (Å²) in [7, 11) is 0. The second-order valence-corrected chi connectivity index (χ2v) is 6.29. The van der Waals surface area contributed by atoms with Crippen LogP contribution in [0.1, 0.15) is 11.3 Å². The van der Waals surface area contributed by atoms with Gasteiger partial charge in [-0.25, -0.2) is 0 Å². The van der Waals surface area contributed by atoms with Crippen LogP contribution in [-0.2, 0) is 11.0 Å². The molecule has 25 heavy (non-hydrogen) atoms. The molecular weight excluding hydrogens is 357 g/mol. The molecular formula is C16H7F3N2O3S. The molecule has 9 heteroatoms. The maximum Gasteiger partial charge on any atom is 0.416 e. The van der Waals surface area contributed by atoms with E-state index in [9.17, 15) is 22.8 Å². The van der Waals surface area contributed by atoms with Gasteiger partial charge in [0.2, 0.25) is 0 Å². The zero-order valence-corrected chi connectivity index (χ0v) is 13.0. The summed E-state index contributed by atoms with van der Waals surface area (Å²) in [6.45, 7) is 0. The number of benzene rings is 1. The van der Waals surface area contributed by atoms with Crippen LogP contribution in [0.3, 0.4) is 0 Å². The summed E-state index contributed by atoms with van der Waals surface area (Å²) >= 11 is 0.748. The van der Waals surface area contributed by atoms with Gasteiger partial charge in [-0.15, -0.1) is 0 Å². The molecule has 3 aromatic rings. The summed E-state index contributed by atoms with van der Waals surface area (Å²) in [5, 5.41) is 2.66. The molecule has 126 valence electrons. The molecule has 5 nitrogen and oxygen atoms in total. The fraction of sp³-hybridized carbons (Fsp3) is 0.0625. The topological polar surface area (TPSA) is 72.2 Å². The predicted octanol–water partition coefficient (Wildman–Crippen LogP) is 4.32. The number of nitrogens with zero attached hydrogens (tertiary/aromatic N) is 1. The number of alkyl halides is 3. The summed E-state index contributed by atoms with van der Waals surface area (Å²) in [5.41, 5.74) is -0.280. The van der Waals surface area contributed by atoms with E-state index in [0.29, 0.717) is 22.1 Å². The largest absolute Gasteiger partial charge is 0.456 e. The number of amides is 2. The molecule has 1 N–H and O–H groups in total. The smallest absolute Gasteiger partial charge is 0.416 e. The van der Waals surface area contributed by atoms with Gasteiger partial charge in [0, 0.05) is 23.0 Å². The number of nitrogens with one attached hydrogen (secondary N) is 1. The molecule has 0 bridgehead atoms. The standard InChI is InChI=1S/C16H7F3N2O3S/c17-16(18,19)8-1-2-10-11(4-8)20-6-7-3-9(24-13(7)10)5-12-14(22)21-15(23)25-12/h1-6H,(H,21,22,23)/b12-5-. The Morgan fingerprint density at radius 2 is 2.00 bits per heavy atom. The second kappa shape index (κ2) is 5.35. The number of thioether (sulfide) groups is 1. The first-order valence-electron chi connectivity index (χ1n) is 6.95. The highest BCUT2D eigenvalue weighted by atomic mass is 32.2. The number of pyridine rings is 1. The molecule has 1 aromatic carbocycles. The van der Waals surface area contributed by atoms with Crippen molar-refractivity contribution < 1.29 is 27.2 Å². The van der Waals surface area contributed by atoms with Crippen LogP contribution >= 0.6 is 11.8 Å². The minimum atomic E-state index is -4.46. The van der Waals surface area contributed by atoms with Gasteiger partial charge in [-0.05, 0) is 36.0 Å². The van der Waals surface area contributed by atoms with E-state index in [-0.39, 0.29) is 10.4 Å². The van der Waals surface area contributed by atoms with Gasteiger partial charge in [-0.2, -0.15) is 13.2 Å². The van der Waals surface area contributed by atoms with Crippen LogP contribution in [0.2, 0.25) is 0 Å². The van der Waals surface area contributed by atoms with Crippen molar-refractivity contribution in [3.05, 3.63) is 46.7 Å². The number of carbonyl (C=O) groups excluding carboxylic acids is 2. The van der Waals surface area contributed by atoms with Crippen molar-refractivity contribution in [3.8, 4) is 0 Å². The lowest BCUT2D eigenvalue weighted by Gasteiger charge is -2.07. The van der Waals surface area contributed by atoms with Crippen LogP contribution < -0.4 is 5.32 Å². The van der Waals surface area contributed by atoms with Gasteiger partial charge < -0.3 is 4.42 Å². The SMILES string of the molecule is O=C1NC(=O)/C(=C/c2cc3cnc4cc(C(F)(F)F)ccc4c3o2)S1. The van der Waals surface area contributed by atoms with Gasteiger partial charge in [0.05, 0.1) is 16.0 Å². The van der Waals surface area contributed by atoms with E-state index in [1.54, 1.807) is 6.07 Å². The van der Waals surface area contributed by atoms with Crippen molar-refractivity contribution >= 4 is 50.9 Å². The van der Waals surface area contributed by atoms with Crippen molar-refractivity contribution in [1.29, 1.82) is 0 Å². The second-order valence-electron chi connectivity index (χ2n) is 5.27. The van der Waals surface area contributed by atoms with Crippen molar-refractivity contribution in [2.24, 2.45) is 0 Å². The van der Waals surface area contributed by atoms with Crippen molar-refractivity contribution in [1.82, 2.24) is 10.3 Å². The lowest BCUT2D eigenvalue weighted by molar-refractivity contribution is -0.137. The lowest BCUT2D eigenvalue weighted by atomic mass is 10.1. The number of hydrogen-bond donors (Lipinski definition) is 1. The number of hydrogen-bond acceptors (Lipinski definition) is 5. The number of furan rings is 1. The van der Waals surface area contributed by atoms with Crippen LogP contribution in [0.15, 0.2) is 39.8 Å². The highest BCUT2D eigenvalue weighted by Crippen LogP contribution is 2.34. The maximum absolute atomic E-state index is 12.8. The highest BCUT2D eigenvalue weighted by molar-refractivity contribution is 8.18. The first kappa shape index (κ1) is 15.7. The normalized spacial score (nSPS) is 17.0. The zero-order chi connectivity index (χ0) is 17.8. The minimum absolute atomic E-state index is 0.152. The van der Waals surface area contributed by atoms with E-state index in [1.807, 2.05) is 0 Å².